The molecule has 0 amide bonds. The third-order valence-corrected chi connectivity index (χ3v) is 4.49. The third-order valence-electron chi connectivity index (χ3n) is 4.09. The van der Waals surface area contributed by atoms with Crippen LogP contribution >= 0.6 is 11.6 Å². The molecule has 0 aliphatic heterocycles. The summed E-state index contributed by atoms with van der Waals surface area (Å²) >= 11 is 6.40. The van der Waals surface area contributed by atoms with Gasteiger partial charge in [-0.1, -0.05) is 61.8 Å². The quantitative estimate of drug-likeness (QED) is 0.681. The van der Waals surface area contributed by atoms with Gasteiger partial charge in [-0.15, -0.1) is 0 Å². The number of benzene rings is 2. The second-order valence-corrected chi connectivity index (χ2v) is 5.93. The normalized spacial score (nSPS) is 12.3. The van der Waals surface area contributed by atoms with Crippen molar-refractivity contribution in [1.82, 2.24) is 9.97 Å². The average molecular weight is 326 g/mol. The van der Waals surface area contributed by atoms with E-state index in [1.807, 2.05) is 6.92 Å². The van der Waals surface area contributed by atoms with Gasteiger partial charge in [0.05, 0.1) is 11.7 Å². The van der Waals surface area contributed by atoms with Gasteiger partial charge in [0.2, 0.25) is 0 Å². The van der Waals surface area contributed by atoms with Gasteiger partial charge in [-0.2, -0.15) is 0 Å². The average Bonchev–Trinajstić information content (AvgIpc) is 2.60. The molecule has 1 aromatic heterocycles. The number of anilines is 1. The molecule has 1 atom stereocenters. The van der Waals surface area contributed by atoms with Crippen LogP contribution in [0.25, 0.3) is 10.8 Å². The minimum atomic E-state index is 0.164. The van der Waals surface area contributed by atoms with Crippen LogP contribution in [0.15, 0.2) is 48.8 Å². The van der Waals surface area contributed by atoms with E-state index in [9.17, 15) is 0 Å². The van der Waals surface area contributed by atoms with E-state index in [0.29, 0.717) is 10.8 Å². The molecule has 0 spiro atoms. The number of nitrogens with zero attached hydrogens (tertiary/aromatic N) is 2. The van der Waals surface area contributed by atoms with E-state index >= 15 is 0 Å². The highest BCUT2D eigenvalue weighted by Crippen LogP contribution is 2.29. The maximum absolute atomic E-state index is 6.40. The summed E-state index contributed by atoms with van der Waals surface area (Å²) in [6, 6.07) is 15.1. The summed E-state index contributed by atoms with van der Waals surface area (Å²) in [6.07, 6.45) is 3.31. The molecule has 4 heteroatoms. The minimum absolute atomic E-state index is 0.164. The van der Waals surface area contributed by atoms with E-state index in [1.165, 1.54) is 16.3 Å². The van der Waals surface area contributed by atoms with Crippen LogP contribution in [0, 0.1) is 0 Å². The summed E-state index contributed by atoms with van der Waals surface area (Å²) in [4.78, 5) is 8.53. The molecule has 23 heavy (non-hydrogen) atoms. The van der Waals surface area contributed by atoms with Crippen molar-refractivity contribution in [2.45, 2.75) is 32.7 Å². The van der Waals surface area contributed by atoms with Crippen molar-refractivity contribution in [1.29, 1.82) is 0 Å². The Morgan fingerprint density at radius 3 is 2.57 bits per heavy atom. The molecule has 3 aromatic rings. The van der Waals surface area contributed by atoms with Crippen LogP contribution in [0.3, 0.4) is 0 Å². The highest BCUT2D eigenvalue weighted by Gasteiger charge is 2.14. The van der Waals surface area contributed by atoms with Gasteiger partial charge in [0, 0.05) is 0 Å². The number of hydrogen-bond acceptors (Lipinski definition) is 3. The lowest BCUT2D eigenvalue weighted by Crippen LogP contribution is -2.12. The fraction of sp³-hybridized carbons (Fsp3) is 0.263. The highest BCUT2D eigenvalue weighted by atomic mass is 35.5. The Morgan fingerprint density at radius 1 is 1.04 bits per heavy atom. The summed E-state index contributed by atoms with van der Waals surface area (Å²) in [5, 5.41) is 6.58. The van der Waals surface area contributed by atoms with Gasteiger partial charge in [-0.25, -0.2) is 9.97 Å². The van der Waals surface area contributed by atoms with Gasteiger partial charge < -0.3 is 5.32 Å². The number of hydrogen-bond donors (Lipinski definition) is 1. The molecule has 0 fully saturated rings. The first-order chi connectivity index (χ1) is 11.2. The Balaban J connectivity index is 1.92. The summed E-state index contributed by atoms with van der Waals surface area (Å²) < 4.78 is 0. The van der Waals surface area contributed by atoms with Gasteiger partial charge >= 0.3 is 0 Å². The van der Waals surface area contributed by atoms with Crippen LogP contribution in [0.4, 0.5) is 5.82 Å². The van der Waals surface area contributed by atoms with Gasteiger partial charge in [0.25, 0.3) is 0 Å². The lowest BCUT2D eigenvalue weighted by Gasteiger charge is -2.20. The Kier molecular flexibility index (Phi) is 4.77. The first kappa shape index (κ1) is 15.8. The van der Waals surface area contributed by atoms with Crippen LogP contribution in [0.1, 0.15) is 37.6 Å². The Morgan fingerprint density at radius 2 is 1.83 bits per heavy atom. The SMILES string of the molecule is CCc1ncnc(NC(CC)c2ccc3ccccc3c2)c1Cl. The lowest BCUT2D eigenvalue weighted by atomic mass is 10.0. The van der Waals surface area contributed by atoms with Gasteiger partial charge in [-0.3, -0.25) is 0 Å². The van der Waals surface area contributed by atoms with Crippen molar-refractivity contribution in [2.24, 2.45) is 0 Å². The molecule has 0 bridgehead atoms. The van der Waals surface area contributed by atoms with Gasteiger partial charge in [0.1, 0.15) is 17.2 Å². The van der Waals surface area contributed by atoms with Crippen molar-refractivity contribution in [2.75, 3.05) is 5.32 Å². The van der Waals surface area contributed by atoms with Crippen molar-refractivity contribution >= 4 is 28.2 Å². The number of aryl methyl sites for hydroxylation is 1. The lowest BCUT2D eigenvalue weighted by molar-refractivity contribution is 0.744. The van der Waals surface area contributed by atoms with Crippen molar-refractivity contribution in [3.05, 3.63) is 65.1 Å². The molecule has 3 nitrogen and oxygen atoms in total. The molecule has 1 heterocycles. The van der Waals surface area contributed by atoms with Crippen LogP contribution in [0.5, 0.6) is 0 Å². The Hall–Kier alpha value is -2.13. The highest BCUT2D eigenvalue weighted by molar-refractivity contribution is 6.33. The number of nitrogens with one attached hydrogen (secondary N) is 1. The van der Waals surface area contributed by atoms with E-state index in [4.69, 9.17) is 11.6 Å². The summed E-state index contributed by atoms with van der Waals surface area (Å²) in [7, 11) is 0. The Labute approximate surface area is 141 Å². The minimum Gasteiger partial charge on any atom is -0.362 e. The van der Waals surface area contributed by atoms with E-state index in [2.05, 4.69) is 64.7 Å². The largest absolute Gasteiger partial charge is 0.362 e. The standard InChI is InChI=1S/C19H20ClN3/c1-3-16(23-19-18(20)17(4-2)21-12-22-19)15-10-9-13-7-5-6-8-14(13)11-15/h5-12,16H,3-4H2,1-2H3,(H,21,22,23). The van der Waals surface area contributed by atoms with E-state index in [-0.39, 0.29) is 6.04 Å². The molecule has 3 rings (SSSR count). The monoisotopic (exact) mass is 325 g/mol. The number of fused-ring (bicyclic) bond motifs is 1. The van der Waals surface area contributed by atoms with Crippen molar-refractivity contribution in [3.8, 4) is 0 Å². The van der Waals surface area contributed by atoms with Crippen molar-refractivity contribution in [3.63, 3.8) is 0 Å². The fourth-order valence-electron chi connectivity index (χ4n) is 2.76. The third kappa shape index (κ3) is 3.30. The molecule has 1 unspecified atom stereocenters. The van der Waals surface area contributed by atoms with Crippen molar-refractivity contribution < 1.29 is 0 Å². The molecule has 1 N–H and O–H groups in total. The molecular formula is C19H20ClN3. The predicted octanol–water partition coefficient (Wildman–Crippen LogP) is 5.41. The van der Waals surface area contributed by atoms with E-state index in [0.717, 1.165) is 18.5 Å². The maximum Gasteiger partial charge on any atom is 0.149 e. The number of halogens is 1. The second kappa shape index (κ2) is 6.97. The molecule has 0 aliphatic carbocycles. The smallest absolute Gasteiger partial charge is 0.149 e. The second-order valence-electron chi connectivity index (χ2n) is 5.55. The summed E-state index contributed by atoms with van der Waals surface area (Å²) in [5.74, 6) is 0.707. The van der Waals surface area contributed by atoms with E-state index in [1.54, 1.807) is 6.33 Å². The van der Waals surface area contributed by atoms with Gasteiger partial charge in [0.15, 0.2) is 0 Å². The molecule has 118 valence electrons. The van der Waals surface area contributed by atoms with Gasteiger partial charge in [-0.05, 0) is 35.2 Å². The zero-order chi connectivity index (χ0) is 16.2. The summed E-state index contributed by atoms with van der Waals surface area (Å²) in [5.41, 5.74) is 2.11. The first-order valence-corrected chi connectivity index (χ1v) is 8.35. The number of rotatable bonds is 5. The van der Waals surface area contributed by atoms with Crippen LogP contribution < -0.4 is 5.32 Å². The fourth-order valence-corrected chi connectivity index (χ4v) is 3.05. The molecule has 0 aliphatic rings. The molecule has 2 aromatic carbocycles. The number of aromatic nitrogens is 2. The molecular weight excluding hydrogens is 306 g/mol. The molecule has 0 saturated carbocycles. The maximum atomic E-state index is 6.40. The summed E-state index contributed by atoms with van der Waals surface area (Å²) in [6.45, 7) is 4.20. The van der Waals surface area contributed by atoms with Crippen LogP contribution in [0.2, 0.25) is 5.02 Å². The Bertz CT molecular complexity index is 817. The molecule has 0 radical (unpaired) electrons. The zero-order valence-corrected chi connectivity index (χ0v) is 14.1. The van der Waals surface area contributed by atoms with Crippen LogP contribution in [-0.2, 0) is 6.42 Å². The first-order valence-electron chi connectivity index (χ1n) is 7.97. The molecule has 0 saturated heterocycles. The topological polar surface area (TPSA) is 37.8 Å². The van der Waals surface area contributed by atoms with Crippen LogP contribution in [-0.4, -0.2) is 9.97 Å². The predicted molar refractivity (Wildman–Crippen MR) is 97.0 cm³/mol. The van der Waals surface area contributed by atoms with E-state index < -0.39 is 0 Å². The zero-order valence-electron chi connectivity index (χ0n) is 13.4.